The highest BCUT2D eigenvalue weighted by molar-refractivity contribution is 7.99. The van der Waals surface area contributed by atoms with Crippen LogP contribution in [0.3, 0.4) is 0 Å². The molecule has 0 saturated carbocycles. The number of ether oxygens (including phenoxy) is 1. The second kappa shape index (κ2) is 9.24. The van der Waals surface area contributed by atoms with Crippen molar-refractivity contribution in [1.82, 2.24) is 14.9 Å². The molecule has 3 aromatic rings. The maximum Gasteiger partial charge on any atom is 0.234 e. The molecular weight excluding hydrogens is 390 g/mol. The number of anilines is 1. The molecule has 0 aliphatic rings. The van der Waals surface area contributed by atoms with Gasteiger partial charge < -0.3 is 15.9 Å². The number of aromatic nitrogens is 3. The van der Waals surface area contributed by atoms with Gasteiger partial charge in [0.15, 0.2) is 11.6 Å². The maximum absolute atomic E-state index is 12.2. The number of rotatable bonds is 8. The summed E-state index contributed by atoms with van der Waals surface area (Å²) in [6, 6.07) is 14.1. The molecular formula is C20H21N5O3S. The molecule has 150 valence electrons. The minimum atomic E-state index is -0.212. The molecule has 0 unspecified atom stereocenters. The monoisotopic (exact) mass is 411 g/mol. The summed E-state index contributed by atoms with van der Waals surface area (Å²) in [6.07, 6.45) is 0. The summed E-state index contributed by atoms with van der Waals surface area (Å²) in [4.78, 5) is 23.5. The van der Waals surface area contributed by atoms with E-state index in [1.54, 1.807) is 24.3 Å². The molecule has 0 aliphatic carbocycles. The number of nitrogens with two attached hydrogens (primary N) is 1. The first kappa shape index (κ1) is 20.4. The van der Waals surface area contributed by atoms with Crippen LogP contribution in [-0.4, -0.2) is 38.9 Å². The van der Waals surface area contributed by atoms with E-state index in [1.807, 2.05) is 31.2 Å². The first-order valence-corrected chi connectivity index (χ1v) is 9.94. The number of nitrogens with zero attached hydrogens (tertiary/aromatic N) is 3. The number of Topliss-reactive ketones (excluding diaryl/α,β-unsaturated/α-hetero) is 1. The molecule has 8 nitrogen and oxygen atoms in total. The Kier molecular flexibility index (Phi) is 6.50. The van der Waals surface area contributed by atoms with Crippen molar-refractivity contribution in [2.75, 3.05) is 23.5 Å². The topological polar surface area (TPSA) is 112 Å². The van der Waals surface area contributed by atoms with E-state index < -0.39 is 0 Å². The summed E-state index contributed by atoms with van der Waals surface area (Å²) in [5, 5.41) is 11.4. The summed E-state index contributed by atoms with van der Waals surface area (Å²) in [7, 11) is 0. The number of amides is 1. The third-order valence-electron chi connectivity index (χ3n) is 4.00. The van der Waals surface area contributed by atoms with Crippen LogP contribution in [0.2, 0.25) is 0 Å². The van der Waals surface area contributed by atoms with Crippen LogP contribution in [0.1, 0.15) is 24.2 Å². The van der Waals surface area contributed by atoms with Crippen LogP contribution in [0, 0.1) is 0 Å². The molecule has 0 saturated heterocycles. The van der Waals surface area contributed by atoms with E-state index in [-0.39, 0.29) is 17.4 Å². The minimum absolute atomic E-state index is 0.0240. The molecule has 29 heavy (non-hydrogen) atoms. The average molecular weight is 411 g/mol. The molecule has 0 aliphatic heterocycles. The molecule has 2 aromatic carbocycles. The molecule has 9 heteroatoms. The van der Waals surface area contributed by atoms with Crippen molar-refractivity contribution in [3.05, 3.63) is 54.1 Å². The van der Waals surface area contributed by atoms with E-state index in [4.69, 9.17) is 10.6 Å². The lowest BCUT2D eigenvalue weighted by atomic mass is 10.1. The second-order valence-corrected chi connectivity index (χ2v) is 7.05. The molecule has 3 N–H and O–H groups in total. The van der Waals surface area contributed by atoms with Crippen molar-refractivity contribution in [2.24, 2.45) is 0 Å². The van der Waals surface area contributed by atoms with Gasteiger partial charge in [0.1, 0.15) is 5.75 Å². The average Bonchev–Trinajstić information content (AvgIpc) is 3.08. The zero-order chi connectivity index (χ0) is 20.8. The zero-order valence-electron chi connectivity index (χ0n) is 16.1. The normalized spacial score (nSPS) is 10.6. The van der Waals surface area contributed by atoms with Gasteiger partial charge in [0.05, 0.1) is 12.4 Å². The molecule has 1 heterocycles. The van der Waals surface area contributed by atoms with E-state index >= 15 is 0 Å². The van der Waals surface area contributed by atoms with Gasteiger partial charge in [-0.15, -0.1) is 10.2 Å². The molecule has 0 atom stereocenters. The summed E-state index contributed by atoms with van der Waals surface area (Å²) in [5.41, 5.74) is 2.01. The molecule has 1 amide bonds. The lowest BCUT2D eigenvalue weighted by molar-refractivity contribution is -0.113. The summed E-state index contributed by atoms with van der Waals surface area (Å²) >= 11 is 1.18. The number of carbonyl (C=O) groups is 2. The largest absolute Gasteiger partial charge is 0.494 e. The number of nitrogen functional groups attached to an aromatic ring is 1. The second-order valence-electron chi connectivity index (χ2n) is 6.10. The Labute approximate surface area is 172 Å². The molecule has 0 radical (unpaired) electrons. The third kappa shape index (κ3) is 5.14. The fourth-order valence-corrected chi connectivity index (χ4v) is 3.21. The molecule has 0 fully saturated rings. The molecule has 3 rings (SSSR count). The summed E-state index contributed by atoms with van der Waals surface area (Å²) < 4.78 is 6.78. The lowest BCUT2D eigenvalue weighted by Crippen LogP contribution is -2.16. The van der Waals surface area contributed by atoms with E-state index in [2.05, 4.69) is 15.5 Å². The van der Waals surface area contributed by atoms with Crippen LogP contribution in [0.15, 0.2) is 53.7 Å². The maximum atomic E-state index is 12.2. The van der Waals surface area contributed by atoms with Crippen LogP contribution in [0.5, 0.6) is 5.75 Å². The van der Waals surface area contributed by atoms with Crippen molar-refractivity contribution < 1.29 is 14.3 Å². The van der Waals surface area contributed by atoms with Gasteiger partial charge in [-0.25, -0.2) is 4.68 Å². The van der Waals surface area contributed by atoms with Crippen molar-refractivity contribution >= 4 is 29.1 Å². The Bertz CT molecular complexity index is 1000. The number of ketones is 1. The van der Waals surface area contributed by atoms with Gasteiger partial charge in [0.25, 0.3) is 0 Å². The van der Waals surface area contributed by atoms with Gasteiger partial charge >= 0.3 is 0 Å². The smallest absolute Gasteiger partial charge is 0.234 e. The Balaban J connectivity index is 1.59. The number of hydrogen-bond acceptors (Lipinski definition) is 7. The van der Waals surface area contributed by atoms with Gasteiger partial charge in [-0.05, 0) is 62.4 Å². The van der Waals surface area contributed by atoms with Crippen LogP contribution in [0.4, 0.5) is 5.69 Å². The Morgan fingerprint density at radius 2 is 1.79 bits per heavy atom. The summed E-state index contributed by atoms with van der Waals surface area (Å²) in [6.45, 7) is 4.01. The van der Waals surface area contributed by atoms with E-state index in [0.29, 0.717) is 28.8 Å². The Morgan fingerprint density at radius 3 is 2.41 bits per heavy atom. The number of carbonyl (C=O) groups excluding carboxylic acids is 2. The fourth-order valence-electron chi connectivity index (χ4n) is 2.55. The highest BCUT2D eigenvalue weighted by Gasteiger charge is 2.14. The standard InChI is InChI=1S/C20H21N5O3S/c1-3-28-17-10-6-15(7-11-17)19-23-24-20(25(19)21)29-12-18(27)22-16-8-4-14(5-9-16)13(2)26/h4-11H,3,12,21H2,1-2H3,(H,22,27). The van der Waals surface area contributed by atoms with Crippen LogP contribution >= 0.6 is 11.8 Å². The quantitative estimate of drug-likeness (QED) is 0.333. The first-order valence-electron chi connectivity index (χ1n) is 8.95. The van der Waals surface area contributed by atoms with Gasteiger partial charge in [-0.2, -0.15) is 0 Å². The lowest BCUT2D eigenvalue weighted by Gasteiger charge is -2.07. The summed E-state index contributed by atoms with van der Waals surface area (Å²) in [5.74, 6) is 7.24. The zero-order valence-corrected chi connectivity index (χ0v) is 16.9. The highest BCUT2D eigenvalue weighted by Crippen LogP contribution is 2.24. The molecule has 1 aromatic heterocycles. The van der Waals surface area contributed by atoms with E-state index in [0.717, 1.165) is 11.3 Å². The van der Waals surface area contributed by atoms with E-state index in [9.17, 15) is 9.59 Å². The first-order chi connectivity index (χ1) is 14.0. The molecule has 0 bridgehead atoms. The van der Waals surface area contributed by atoms with Gasteiger partial charge in [-0.3, -0.25) is 9.59 Å². The number of benzene rings is 2. The van der Waals surface area contributed by atoms with Crippen LogP contribution in [0.25, 0.3) is 11.4 Å². The highest BCUT2D eigenvalue weighted by atomic mass is 32.2. The number of nitrogens with one attached hydrogen (secondary N) is 1. The third-order valence-corrected chi connectivity index (χ3v) is 4.94. The van der Waals surface area contributed by atoms with Crippen molar-refractivity contribution in [3.63, 3.8) is 0 Å². The van der Waals surface area contributed by atoms with Crippen LogP contribution in [-0.2, 0) is 4.79 Å². The Hall–Kier alpha value is -3.33. The van der Waals surface area contributed by atoms with Gasteiger partial charge in [0, 0.05) is 16.8 Å². The van der Waals surface area contributed by atoms with Crippen molar-refractivity contribution in [1.29, 1.82) is 0 Å². The van der Waals surface area contributed by atoms with Gasteiger partial charge in [0.2, 0.25) is 11.1 Å². The van der Waals surface area contributed by atoms with E-state index in [1.165, 1.54) is 23.4 Å². The van der Waals surface area contributed by atoms with Crippen molar-refractivity contribution in [3.8, 4) is 17.1 Å². The van der Waals surface area contributed by atoms with Crippen LogP contribution < -0.4 is 15.9 Å². The number of hydrogen-bond donors (Lipinski definition) is 2. The predicted molar refractivity (Wildman–Crippen MR) is 113 cm³/mol. The Morgan fingerprint density at radius 1 is 1.10 bits per heavy atom. The fraction of sp³-hybridized carbons (Fsp3) is 0.200. The minimum Gasteiger partial charge on any atom is -0.494 e. The van der Waals surface area contributed by atoms with Gasteiger partial charge in [-0.1, -0.05) is 11.8 Å². The SMILES string of the molecule is CCOc1ccc(-c2nnc(SCC(=O)Nc3ccc(C(C)=O)cc3)n2N)cc1. The number of thioether (sulfide) groups is 1. The predicted octanol–water partition coefficient (Wildman–Crippen LogP) is 2.99. The molecule has 0 spiro atoms. The van der Waals surface area contributed by atoms with Crippen molar-refractivity contribution in [2.45, 2.75) is 19.0 Å².